The van der Waals surface area contributed by atoms with Gasteiger partial charge >= 0.3 is 5.97 Å². The summed E-state index contributed by atoms with van der Waals surface area (Å²) in [6, 6.07) is 8.60. The monoisotopic (exact) mass is 461 g/mol. The van der Waals surface area contributed by atoms with E-state index < -0.39 is 28.6 Å². The topological polar surface area (TPSA) is 99.9 Å². The third-order valence-corrected chi connectivity index (χ3v) is 7.67. The molecule has 174 valence electrons. The zero-order chi connectivity index (χ0) is 23.1. The van der Waals surface area contributed by atoms with E-state index in [1.54, 1.807) is 12.1 Å². The number of rotatable bonds is 11. The van der Waals surface area contributed by atoms with E-state index in [-0.39, 0.29) is 17.3 Å². The number of nitrogens with zero attached hydrogens (tertiary/aromatic N) is 3. The Balaban J connectivity index is 1.69. The number of aliphatic carboxylic acids is 1. The summed E-state index contributed by atoms with van der Waals surface area (Å²) in [5.41, 5.74) is 0.781. The third-order valence-electron chi connectivity index (χ3n) is 5.80. The van der Waals surface area contributed by atoms with Crippen molar-refractivity contribution in [2.24, 2.45) is 0 Å². The summed E-state index contributed by atoms with van der Waals surface area (Å²) in [6.45, 7) is 2.00. The Morgan fingerprint density at radius 3 is 2.28 bits per heavy atom. The first kappa shape index (κ1) is 24.0. The fourth-order valence-electron chi connectivity index (χ4n) is 3.93. The van der Waals surface area contributed by atoms with Gasteiger partial charge in [-0.3, -0.25) is 9.59 Å². The van der Waals surface area contributed by atoms with Crippen LogP contribution in [0.5, 0.6) is 0 Å². The van der Waals surface area contributed by atoms with Gasteiger partial charge in [-0.1, -0.05) is 39.0 Å². The van der Waals surface area contributed by atoms with Crippen molar-refractivity contribution in [1.82, 2.24) is 13.8 Å². The SMILES string of the molecule is CCCCCCCCN1CC(C(=O)O)N(S(=O)(=O)c2ccc(-n3cccc3)cc2)CC1=O. The Morgan fingerprint density at radius 2 is 1.66 bits per heavy atom. The number of amides is 1. The number of aromatic nitrogens is 1. The van der Waals surface area contributed by atoms with E-state index in [0.29, 0.717) is 6.54 Å². The molecule has 0 radical (unpaired) electrons. The lowest BCUT2D eigenvalue weighted by molar-refractivity contribution is -0.148. The van der Waals surface area contributed by atoms with Crippen LogP contribution in [0.1, 0.15) is 45.4 Å². The maximum atomic E-state index is 13.2. The Kier molecular flexibility index (Phi) is 8.09. The molecule has 1 fully saturated rings. The Labute approximate surface area is 189 Å². The number of piperazine rings is 1. The Bertz CT molecular complexity index is 1000. The number of carbonyl (C=O) groups is 2. The summed E-state index contributed by atoms with van der Waals surface area (Å²) in [5.74, 6) is -1.61. The van der Waals surface area contributed by atoms with Crippen LogP contribution < -0.4 is 0 Å². The van der Waals surface area contributed by atoms with Crippen LogP contribution in [-0.2, 0) is 19.6 Å². The van der Waals surface area contributed by atoms with Crippen molar-refractivity contribution in [1.29, 1.82) is 0 Å². The third kappa shape index (κ3) is 5.58. The second-order valence-corrected chi connectivity index (χ2v) is 9.99. The highest BCUT2D eigenvalue weighted by Gasteiger charge is 2.43. The van der Waals surface area contributed by atoms with E-state index in [4.69, 9.17) is 0 Å². The summed E-state index contributed by atoms with van der Waals surface area (Å²) in [5, 5.41) is 9.71. The van der Waals surface area contributed by atoms with E-state index in [2.05, 4.69) is 6.92 Å². The van der Waals surface area contributed by atoms with Gasteiger partial charge in [-0.2, -0.15) is 4.31 Å². The van der Waals surface area contributed by atoms with Crippen LogP contribution in [0.25, 0.3) is 5.69 Å². The first-order chi connectivity index (χ1) is 15.3. The Hall–Kier alpha value is -2.65. The second kappa shape index (κ2) is 10.8. The number of sulfonamides is 1. The number of hydrogen-bond donors (Lipinski definition) is 1. The summed E-state index contributed by atoms with van der Waals surface area (Å²) >= 11 is 0. The molecule has 0 bridgehead atoms. The van der Waals surface area contributed by atoms with Gasteiger partial charge in [0.15, 0.2) is 0 Å². The fraction of sp³-hybridized carbons (Fsp3) is 0.478. The van der Waals surface area contributed by atoms with E-state index in [1.165, 1.54) is 23.5 Å². The minimum absolute atomic E-state index is 0.0307. The molecule has 1 N–H and O–H groups in total. The molecule has 2 aromatic rings. The van der Waals surface area contributed by atoms with Gasteiger partial charge in [-0.15, -0.1) is 0 Å². The number of hydrogen-bond acceptors (Lipinski definition) is 4. The molecule has 1 aromatic heterocycles. The van der Waals surface area contributed by atoms with E-state index in [9.17, 15) is 23.1 Å². The van der Waals surface area contributed by atoms with Crippen molar-refractivity contribution in [3.05, 3.63) is 48.8 Å². The number of carbonyl (C=O) groups excluding carboxylic acids is 1. The normalized spacial score (nSPS) is 17.6. The molecule has 1 saturated heterocycles. The highest BCUT2D eigenvalue weighted by molar-refractivity contribution is 7.89. The fourth-order valence-corrected chi connectivity index (χ4v) is 5.45. The molecule has 8 nitrogen and oxygen atoms in total. The predicted molar refractivity (Wildman–Crippen MR) is 121 cm³/mol. The number of carboxylic acids is 1. The molecular formula is C23H31N3O5S. The van der Waals surface area contributed by atoms with Gasteiger partial charge in [0.2, 0.25) is 15.9 Å². The lowest BCUT2D eigenvalue weighted by atomic mass is 10.1. The van der Waals surface area contributed by atoms with Gasteiger partial charge in [0, 0.05) is 31.2 Å². The highest BCUT2D eigenvalue weighted by atomic mass is 32.2. The largest absolute Gasteiger partial charge is 0.480 e. The molecule has 0 saturated carbocycles. The van der Waals surface area contributed by atoms with Gasteiger partial charge in [0.05, 0.1) is 11.4 Å². The zero-order valence-electron chi connectivity index (χ0n) is 18.4. The molecule has 3 rings (SSSR count). The quantitative estimate of drug-likeness (QED) is 0.518. The summed E-state index contributed by atoms with van der Waals surface area (Å²) in [7, 11) is -4.14. The molecule has 32 heavy (non-hydrogen) atoms. The molecule has 1 unspecified atom stereocenters. The molecule has 1 aliphatic rings. The summed E-state index contributed by atoms with van der Waals surface area (Å²) in [6.07, 6.45) is 10.0. The average Bonchev–Trinajstić information content (AvgIpc) is 3.31. The van der Waals surface area contributed by atoms with E-state index in [1.807, 2.05) is 29.1 Å². The highest BCUT2D eigenvalue weighted by Crippen LogP contribution is 2.24. The smallest absolute Gasteiger partial charge is 0.323 e. The molecular weight excluding hydrogens is 430 g/mol. The van der Waals surface area contributed by atoms with Crippen molar-refractivity contribution in [3.8, 4) is 5.69 Å². The van der Waals surface area contributed by atoms with Crippen LogP contribution in [0.15, 0.2) is 53.7 Å². The molecule has 1 aromatic carbocycles. The van der Waals surface area contributed by atoms with Crippen LogP contribution in [0.2, 0.25) is 0 Å². The predicted octanol–water partition coefficient (Wildman–Crippen LogP) is 3.12. The maximum Gasteiger partial charge on any atom is 0.323 e. The molecule has 0 spiro atoms. The van der Waals surface area contributed by atoms with Gasteiger partial charge < -0.3 is 14.6 Å². The Morgan fingerprint density at radius 1 is 1.03 bits per heavy atom. The van der Waals surface area contributed by atoms with Crippen LogP contribution in [0, 0.1) is 0 Å². The minimum Gasteiger partial charge on any atom is -0.480 e. The molecule has 0 aliphatic carbocycles. The molecule has 2 heterocycles. The molecule has 1 atom stereocenters. The van der Waals surface area contributed by atoms with Crippen LogP contribution in [0.4, 0.5) is 0 Å². The van der Waals surface area contributed by atoms with Gasteiger partial charge in [-0.05, 0) is 42.8 Å². The lowest BCUT2D eigenvalue weighted by Crippen LogP contribution is -2.60. The first-order valence-electron chi connectivity index (χ1n) is 11.1. The van der Waals surface area contributed by atoms with Gasteiger partial charge in [-0.25, -0.2) is 8.42 Å². The number of carboxylic acid groups (broad SMARTS) is 1. The average molecular weight is 462 g/mol. The van der Waals surface area contributed by atoms with Crippen molar-refractivity contribution < 1.29 is 23.1 Å². The summed E-state index contributed by atoms with van der Waals surface area (Å²) < 4.78 is 29.0. The van der Waals surface area contributed by atoms with Crippen LogP contribution >= 0.6 is 0 Å². The van der Waals surface area contributed by atoms with Gasteiger partial charge in [0.25, 0.3) is 0 Å². The van der Waals surface area contributed by atoms with Crippen molar-refractivity contribution in [3.63, 3.8) is 0 Å². The van der Waals surface area contributed by atoms with Crippen molar-refractivity contribution >= 4 is 21.9 Å². The molecule has 1 amide bonds. The molecule has 9 heteroatoms. The lowest BCUT2D eigenvalue weighted by Gasteiger charge is -2.38. The van der Waals surface area contributed by atoms with E-state index in [0.717, 1.165) is 42.1 Å². The summed E-state index contributed by atoms with van der Waals surface area (Å²) in [4.78, 5) is 26.0. The van der Waals surface area contributed by atoms with Crippen LogP contribution in [0.3, 0.4) is 0 Å². The van der Waals surface area contributed by atoms with Crippen molar-refractivity contribution in [2.45, 2.75) is 56.4 Å². The van der Waals surface area contributed by atoms with Gasteiger partial charge in [0.1, 0.15) is 6.04 Å². The van der Waals surface area contributed by atoms with Crippen molar-refractivity contribution in [2.75, 3.05) is 19.6 Å². The zero-order valence-corrected chi connectivity index (χ0v) is 19.2. The number of benzene rings is 1. The van der Waals surface area contributed by atoms with E-state index >= 15 is 0 Å². The second-order valence-electron chi connectivity index (χ2n) is 8.10. The first-order valence-corrected chi connectivity index (χ1v) is 12.5. The minimum atomic E-state index is -4.14. The van der Waals surface area contributed by atoms with Crippen LogP contribution in [-0.4, -0.2) is 64.8 Å². The standard InChI is InChI=1S/C23H31N3O5S/c1-2-3-4-5-6-7-16-25-17-21(23(28)29)26(18-22(25)27)32(30,31)20-12-10-19(11-13-20)24-14-8-9-15-24/h8-15,21H,2-7,16-18H2,1H3,(H,28,29). The number of unbranched alkanes of at least 4 members (excludes halogenated alkanes) is 5. The molecule has 1 aliphatic heterocycles. The maximum absolute atomic E-state index is 13.2.